The molecular weight excluding hydrogens is 312 g/mol. The second kappa shape index (κ2) is 7.59. The molecule has 0 radical (unpaired) electrons. The van der Waals surface area contributed by atoms with Gasteiger partial charge < -0.3 is 14.5 Å². The number of terminal acetylenes is 1. The fourth-order valence-corrected chi connectivity index (χ4v) is 2.73. The van der Waals surface area contributed by atoms with Crippen LogP contribution < -0.4 is 9.47 Å². The van der Waals surface area contributed by atoms with Crippen LogP contribution in [0.1, 0.15) is 12.5 Å². The molecule has 126 valence electrons. The van der Waals surface area contributed by atoms with Crippen molar-refractivity contribution in [2.75, 3.05) is 13.2 Å². The Kier molecular flexibility index (Phi) is 5.06. The Morgan fingerprint density at radius 2 is 2.12 bits per heavy atom. The molecule has 0 atom stereocenters. The van der Waals surface area contributed by atoms with Crippen LogP contribution in [0.4, 0.5) is 0 Å². The first-order valence-corrected chi connectivity index (χ1v) is 8.18. The maximum atomic E-state index is 5.79. The van der Waals surface area contributed by atoms with Gasteiger partial charge in [-0.3, -0.25) is 0 Å². The quantitative estimate of drug-likeness (QED) is 0.516. The van der Waals surface area contributed by atoms with E-state index >= 15 is 0 Å². The van der Waals surface area contributed by atoms with Gasteiger partial charge in [-0.2, -0.15) is 0 Å². The van der Waals surface area contributed by atoms with E-state index in [0.29, 0.717) is 24.5 Å². The van der Waals surface area contributed by atoms with Gasteiger partial charge >= 0.3 is 0 Å². The van der Waals surface area contributed by atoms with Gasteiger partial charge in [0.05, 0.1) is 17.6 Å². The zero-order valence-corrected chi connectivity index (χ0v) is 14.2. The van der Waals surface area contributed by atoms with Gasteiger partial charge in [-0.15, -0.1) is 13.0 Å². The van der Waals surface area contributed by atoms with Crippen molar-refractivity contribution in [1.29, 1.82) is 0 Å². The number of nitrogens with one attached hydrogen (secondary N) is 1. The van der Waals surface area contributed by atoms with Crippen LogP contribution in [0.25, 0.3) is 22.4 Å². The summed E-state index contributed by atoms with van der Waals surface area (Å²) >= 11 is 0. The molecule has 0 unspecified atom stereocenters. The van der Waals surface area contributed by atoms with Gasteiger partial charge in [0.2, 0.25) is 0 Å². The van der Waals surface area contributed by atoms with Crippen molar-refractivity contribution < 1.29 is 9.47 Å². The average Bonchev–Trinajstić information content (AvgIpc) is 3.05. The molecule has 0 spiro atoms. The molecule has 2 aromatic carbocycles. The van der Waals surface area contributed by atoms with E-state index < -0.39 is 0 Å². The number of H-pyrrole nitrogens is 1. The van der Waals surface area contributed by atoms with Crippen LogP contribution in [0.15, 0.2) is 49.1 Å². The minimum absolute atomic E-state index is 0.189. The molecule has 0 saturated carbocycles. The molecule has 25 heavy (non-hydrogen) atoms. The van der Waals surface area contributed by atoms with E-state index in [2.05, 4.69) is 22.5 Å². The Balaban J connectivity index is 2.12. The Bertz CT molecular complexity index is 902. The number of allylic oxidation sites excluding steroid dienone is 1. The largest absolute Gasteiger partial charge is 0.490 e. The van der Waals surface area contributed by atoms with Crippen LogP contribution in [0.2, 0.25) is 0 Å². The second-order valence-corrected chi connectivity index (χ2v) is 5.48. The highest BCUT2D eigenvalue weighted by atomic mass is 16.5. The third kappa shape index (κ3) is 3.51. The minimum Gasteiger partial charge on any atom is -0.490 e. The summed E-state index contributed by atoms with van der Waals surface area (Å²) in [5.41, 5.74) is 3.82. The lowest BCUT2D eigenvalue weighted by atomic mass is 10.0. The van der Waals surface area contributed by atoms with Crippen molar-refractivity contribution in [2.45, 2.75) is 13.3 Å². The van der Waals surface area contributed by atoms with Crippen LogP contribution in [0, 0.1) is 12.3 Å². The second-order valence-electron chi connectivity index (χ2n) is 5.48. The van der Waals surface area contributed by atoms with Crippen molar-refractivity contribution in [3.63, 3.8) is 0 Å². The SMILES string of the molecule is C#CCOc1c(CC=C)cc(-c2nc3ccccc3[nH]2)cc1OCC. The zero-order valence-electron chi connectivity index (χ0n) is 14.2. The molecule has 4 heteroatoms. The maximum absolute atomic E-state index is 5.79. The molecule has 0 fully saturated rings. The molecule has 1 heterocycles. The Morgan fingerprint density at radius 3 is 2.84 bits per heavy atom. The highest BCUT2D eigenvalue weighted by molar-refractivity contribution is 5.80. The first-order chi connectivity index (χ1) is 12.3. The Labute approximate surface area is 147 Å². The minimum atomic E-state index is 0.189. The summed E-state index contributed by atoms with van der Waals surface area (Å²) in [6, 6.07) is 11.9. The van der Waals surface area contributed by atoms with Crippen molar-refractivity contribution in [3.05, 3.63) is 54.6 Å². The van der Waals surface area contributed by atoms with E-state index in [0.717, 1.165) is 28.0 Å². The van der Waals surface area contributed by atoms with Crippen LogP contribution in [-0.4, -0.2) is 23.2 Å². The van der Waals surface area contributed by atoms with E-state index in [4.69, 9.17) is 15.9 Å². The van der Waals surface area contributed by atoms with Gasteiger partial charge in [0.15, 0.2) is 11.5 Å². The van der Waals surface area contributed by atoms with Crippen molar-refractivity contribution in [2.24, 2.45) is 0 Å². The Morgan fingerprint density at radius 1 is 1.28 bits per heavy atom. The molecule has 3 rings (SSSR count). The van der Waals surface area contributed by atoms with Crippen molar-refractivity contribution >= 4 is 11.0 Å². The fraction of sp³-hybridized carbons (Fsp3) is 0.190. The zero-order chi connectivity index (χ0) is 17.6. The number of fused-ring (bicyclic) bond motifs is 1. The molecule has 0 saturated heterocycles. The number of aromatic nitrogens is 2. The number of imidazole rings is 1. The third-order valence-corrected chi connectivity index (χ3v) is 3.76. The summed E-state index contributed by atoms with van der Waals surface area (Å²) in [4.78, 5) is 8.01. The smallest absolute Gasteiger partial charge is 0.166 e. The standard InChI is InChI=1S/C21H20N2O2/c1-4-9-15-13-16(14-19(24-6-3)20(15)25-12-5-2)21-22-17-10-7-8-11-18(17)23-21/h2,4,7-8,10-11,13-14H,1,6,9,12H2,3H3,(H,22,23). The lowest BCUT2D eigenvalue weighted by Crippen LogP contribution is -2.03. The van der Waals surface area contributed by atoms with E-state index in [-0.39, 0.29) is 6.61 Å². The number of hydrogen-bond acceptors (Lipinski definition) is 3. The summed E-state index contributed by atoms with van der Waals surface area (Å²) in [5, 5.41) is 0. The molecule has 0 amide bonds. The number of rotatable bonds is 7. The molecule has 0 aliphatic heterocycles. The molecule has 3 aromatic rings. The summed E-state index contributed by atoms with van der Waals surface area (Å²) in [7, 11) is 0. The lowest BCUT2D eigenvalue weighted by molar-refractivity contribution is 0.297. The first kappa shape index (κ1) is 16.7. The number of para-hydroxylation sites is 2. The number of benzene rings is 2. The molecule has 4 nitrogen and oxygen atoms in total. The van der Waals surface area contributed by atoms with Crippen molar-refractivity contribution in [1.82, 2.24) is 9.97 Å². The summed E-state index contributed by atoms with van der Waals surface area (Å²) < 4.78 is 11.5. The number of hydrogen-bond donors (Lipinski definition) is 1. The summed E-state index contributed by atoms with van der Waals surface area (Å²) in [6.45, 7) is 6.49. The molecule has 0 aliphatic rings. The lowest BCUT2D eigenvalue weighted by Gasteiger charge is -2.15. The molecule has 0 aliphatic carbocycles. The fourth-order valence-electron chi connectivity index (χ4n) is 2.73. The number of nitrogens with zero attached hydrogens (tertiary/aromatic N) is 1. The number of aromatic amines is 1. The normalized spacial score (nSPS) is 10.4. The average molecular weight is 332 g/mol. The van der Waals surface area contributed by atoms with Crippen molar-refractivity contribution in [3.8, 4) is 35.2 Å². The topological polar surface area (TPSA) is 47.1 Å². The van der Waals surface area contributed by atoms with Crippen LogP contribution >= 0.6 is 0 Å². The molecule has 1 aromatic heterocycles. The third-order valence-electron chi connectivity index (χ3n) is 3.76. The van der Waals surface area contributed by atoms with Gasteiger partial charge in [0.1, 0.15) is 12.4 Å². The van der Waals surface area contributed by atoms with Gasteiger partial charge in [0.25, 0.3) is 0 Å². The van der Waals surface area contributed by atoms with Gasteiger partial charge in [-0.25, -0.2) is 4.98 Å². The molecular formula is C21H20N2O2. The predicted octanol–water partition coefficient (Wildman–Crippen LogP) is 4.37. The van der Waals surface area contributed by atoms with Crippen LogP contribution in [0.3, 0.4) is 0 Å². The van der Waals surface area contributed by atoms with E-state index in [1.807, 2.05) is 49.4 Å². The summed E-state index contributed by atoms with van der Waals surface area (Å²) in [6.07, 6.45) is 7.81. The predicted molar refractivity (Wildman–Crippen MR) is 101 cm³/mol. The van der Waals surface area contributed by atoms with Gasteiger partial charge in [-0.1, -0.05) is 24.1 Å². The van der Waals surface area contributed by atoms with Gasteiger partial charge in [-0.05, 0) is 37.6 Å². The van der Waals surface area contributed by atoms with Crippen LogP contribution in [0.5, 0.6) is 11.5 Å². The molecule has 0 bridgehead atoms. The first-order valence-electron chi connectivity index (χ1n) is 8.18. The molecule has 1 N–H and O–H groups in total. The van der Waals surface area contributed by atoms with E-state index in [1.54, 1.807) is 0 Å². The highest BCUT2D eigenvalue weighted by Gasteiger charge is 2.15. The van der Waals surface area contributed by atoms with Crippen LogP contribution in [-0.2, 0) is 6.42 Å². The number of ether oxygens (including phenoxy) is 2. The van der Waals surface area contributed by atoms with Gasteiger partial charge in [0, 0.05) is 11.1 Å². The highest BCUT2D eigenvalue weighted by Crippen LogP contribution is 2.37. The maximum Gasteiger partial charge on any atom is 0.166 e. The summed E-state index contributed by atoms with van der Waals surface area (Å²) in [5.74, 6) is 4.61. The van der Waals surface area contributed by atoms with E-state index in [1.165, 1.54) is 0 Å². The monoisotopic (exact) mass is 332 g/mol. The Hall–Kier alpha value is -3.19. The van der Waals surface area contributed by atoms with E-state index in [9.17, 15) is 0 Å².